The van der Waals surface area contributed by atoms with Gasteiger partial charge in [-0.2, -0.15) is 0 Å². The summed E-state index contributed by atoms with van der Waals surface area (Å²) >= 11 is 4.83. The van der Waals surface area contributed by atoms with E-state index in [1.165, 1.54) is 11.3 Å². The van der Waals surface area contributed by atoms with E-state index in [1.54, 1.807) is 6.07 Å². The highest BCUT2D eigenvalue weighted by atomic mass is 79.9. The third-order valence-electron chi connectivity index (χ3n) is 2.33. The van der Waals surface area contributed by atoms with Crippen LogP contribution in [-0.2, 0) is 0 Å². The average Bonchev–Trinajstić information content (AvgIpc) is 2.78. The van der Waals surface area contributed by atoms with Crippen molar-refractivity contribution in [2.45, 2.75) is 20.0 Å². The second-order valence-corrected chi connectivity index (χ2v) is 6.55. The Labute approximate surface area is 124 Å². The summed E-state index contributed by atoms with van der Waals surface area (Å²) in [5, 5.41) is 4.68. The number of benzene rings is 1. The first-order chi connectivity index (χ1) is 9.06. The molecule has 0 saturated heterocycles. The molecule has 0 atom stereocenters. The molecule has 0 aliphatic rings. The molecule has 0 spiro atoms. The first-order valence-electron chi connectivity index (χ1n) is 5.87. The van der Waals surface area contributed by atoms with E-state index in [9.17, 15) is 4.79 Å². The van der Waals surface area contributed by atoms with Gasteiger partial charge in [-0.25, -0.2) is 0 Å². The van der Waals surface area contributed by atoms with Crippen molar-refractivity contribution in [3.63, 3.8) is 0 Å². The fourth-order valence-electron chi connectivity index (χ4n) is 1.55. The van der Waals surface area contributed by atoms with E-state index in [0.29, 0.717) is 17.0 Å². The van der Waals surface area contributed by atoms with Crippen LogP contribution in [-0.4, -0.2) is 12.0 Å². The lowest BCUT2D eigenvalue weighted by atomic mass is 10.2. The molecule has 19 heavy (non-hydrogen) atoms. The predicted molar refractivity (Wildman–Crippen MR) is 82.2 cm³/mol. The maximum absolute atomic E-state index is 12.1. The maximum atomic E-state index is 12.1. The van der Waals surface area contributed by atoms with Gasteiger partial charge in [-0.1, -0.05) is 12.1 Å². The molecule has 0 aliphatic carbocycles. The summed E-state index contributed by atoms with van der Waals surface area (Å²) in [5.74, 6) is 0.543. The summed E-state index contributed by atoms with van der Waals surface area (Å²) in [6, 6.07) is 9.23. The molecular weight excluding hydrogens is 326 g/mol. The largest absolute Gasteiger partial charge is 0.489 e. The standard InChI is InChI=1S/C14H14BrNO2S/c1-9(2)18-12-6-4-3-5-11(12)16-14(17)10-7-13(15)19-8-10/h3-9H,1-2H3,(H,16,17). The van der Waals surface area contributed by atoms with Crippen LogP contribution in [0.4, 0.5) is 5.69 Å². The van der Waals surface area contributed by atoms with Crippen molar-refractivity contribution in [3.8, 4) is 5.75 Å². The molecule has 100 valence electrons. The van der Waals surface area contributed by atoms with Gasteiger partial charge in [-0.15, -0.1) is 11.3 Å². The smallest absolute Gasteiger partial charge is 0.256 e. The van der Waals surface area contributed by atoms with Crippen molar-refractivity contribution in [3.05, 3.63) is 45.1 Å². The van der Waals surface area contributed by atoms with Crippen LogP contribution in [0.1, 0.15) is 24.2 Å². The molecule has 1 aromatic heterocycles. The number of carbonyl (C=O) groups excluding carboxylic acids is 1. The number of para-hydroxylation sites is 2. The van der Waals surface area contributed by atoms with Crippen LogP contribution in [0.15, 0.2) is 39.5 Å². The van der Waals surface area contributed by atoms with Crippen molar-refractivity contribution < 1.29 is 9.53 Å². The molecule has 0 bridgehead atoms. The van der Waals surface area contributed by atoms with E-state index in [-0.39, 0.29) is 12.0 Å². The maximum Gasteiger partial charge on any atom is 0.256 e. The minimum atomic E-state index is -0.137. The van der Waals surface area contributed by atoms with Gasteiger partial charge in [0.25, 0.3) is 5.91 Å². The van der Waals surface area contributed by atoms with Crippen LogP contribution in [0.2, 0.25) is 0 Å². The number of rotatable bonds is 4. The van der Waals surface area contributed by atoms with E-state index in [1.807, 2.05) is 43.5 Å². The molecule has 0 aliphatic heterocycles. The summed E-state index contributed by atoms with van der Waals surface area (Å²) in [6.07, 6.45) is 0.0633. The van der Waals surface area contributed by atoms with E-state index in [2.05, 4.69) is 21.2 Å². The molecule has 0 unspecified atom stereocenters. The van der Waals surface area contributed by atoms with Crippen molar-refractivity contribution in [1.29, 1.82) is 0 Å². The van der Waals surface area contributed by atoms with Gasteiger partial charge in [-0.3, -0.25) is 4.79 Å². The average molecular weight is 340 g/mol. The number of anilines is 1. The zero-order chi connectivity index (χ0) is 13.8. The molecule has 1 heterocycles. The van der Waals surface area contributed by atoms with Gasteiger partial charge in [0.2, 0.25) is 0 Å². The van der Waals surface area contributed by atoms with Gasteiger partial charge in [0, 0.05) is 5.38 Å². The lowest BCUT2D eigenvalue weighted by Gasteiger charge is -2.14. The Balaban J connectivity index is 2.16. The summed E-state index contributed by atoms with van der Waals surface area (Å²) < 4.78 is 6.60. The Morgan fingerprint density at radius 2 is 2.11 bits per heavy atom. The van der Waals surface area contributed by atoms with E-state index in [0.717, 1.165) is 3.79 Å². The highest BCUT2D eigenvalue weighted by Gasteiger charge is 2.11. The third kappa shape index (κ3) is 3.81. The second kappa shape index (κ2) is 6.21. The monoisotopic (exact) mass is 339 g/mol. The predicted octanol–water partition coefficient (Wildman–Crippen LogP) is 4.55. The summed E-state index contributed by atoms with van der Waals surface area (Å²) in [5.41, 5.74) is 1.32. The Morgan fingerprint density at radius 3 is 2.74 bits per heavy atom. The number of amides is 1. The molecule has 3 nitrogen and oxygen atoms in total. The quantitative estimate of drug-likeness (QED) is 0.887. The molecule has 0 saturated carbocycles. The minimum absolute atomic E-state index is 0.0633. The van der Waals surface area contributed by atoms with Crippen LogP contribution < -0.4 is 10.1 Å². The molecule has 0 fully saturated rings. The molecule has 0 radical (unpaired) electrons. The number of hydrogen-bond donors (Lipinski definition) is 1. The number of halogens is 1. The number of thiophene rings is 1. The molecule has 1 amide bonds. The molecular formula is C14H14BrNO2S. The summed E-state index contributed by atoms with van der Waals surface area (Å²) in [6.45, 7) is 3.91. The van der Waals surface area contributed by atoms with Crippen LogP contribution in [0.25, 0.3) is 0 Å². The molecule has 5 heteroatoms. The fourth-order valence-corrected chi connectivity index (χ4v) is 2.69. The first-order valence-corrected chi connectivity index (χ1v) is 7.54. The SMILES string of the molecule is CC(C)Oc1ccccc1NC(=O)c1csc(Br)c1. The third-order valence-corrected chi connectivity index (χ3v) is 3.83. The van der Waals surface area contributed by atoms with Crippen LogP contribution in [0, 0.1) is 0 Å². The normalized spacial score (nSPS) is 10.5. The lowest BCUT2D eigenvalue weighted by molar-refractivity contribution is 0.102. The zero-order valence-electron chi connectivity index (χ0n) is 10.6. The van der Waals surface area contributed by atoms with Crippen molar-refractivity contribution in [1.82, 2.24) is 0 Å². The highest BCUT2D eigenvalue weighted by Crippen LogP contribution is 2.26. The summed E-state index contributed by atoms with van der Waals surface area (Å²) in [4.78, 5) is 12.1. The molecule has 2 rings (SSSR count). The molecule has 2 aromatic rings. The van der Waals surface area contributed by atoms with E-state index in [4.69, 9.17) is 4.74 Å². The van der Waals surface area contributed by atoms with Crippen LogP contribution in [0.3, 0.4) is 0 Å². The van der Waals surface area contributed by atoms with Crippen molar-refractivity contribution >= 4 is 38.9 Å². The summed E-state index contributed by atoms with van der Waals surface area (Å²) in [7, 11) is 0. The van der Waals surface area contributed by atoms with E-state index < -0.39 is 0 Å². The second-order valence-electron chi connectivity index (χ2n) is 4.26. The Hall–Kier alpha value is -1.33. The lowest BCUT2D eigenvalue weighted by Crippen LogP contribution is -2.13. The number of ether oxygens (including phenoxy) is 1. The number of hydrogen-bond acceptors (Lipinski definition) is 3. The highest BCUT2D eigenvalue weighted by molar-refractivity contribution is 9.11. The number of carbonyl (C=O) groups is 1. The zero-order valence-corrected chi connectivity index (χ0v) is 13.0. The Bertz CT molecular complexity index is 580. The van der Waals surface area contributed by atoms with Gasteiger partial charge < -0.3 is 10.1 Å². The van der Waals surface area contributed by atoms with Crippen molar-refractivity contribution in [2.75, 3.05) is 5.32 Å². The van der Waals surface area contributed by atoms with Crippen LogP contribution >= 0.6 is 27.3 Å². The van der Waals surface area contributed by atoms with Gasteiger partial charge in [0.05, 0.1) is 21.1 Å². The topological polar surface area (TPSA) is 38.3 Å². The van der Waals surface area contributed by atoms with E-state index >= 15 is 0 Å². The van der Waals surface area contributed by atoms with Crippen LogP contribution in [0.5, 0.6) is 5.75 Å². The fraction of sp³-hybridized carbons (Fsp3) is 0.214. The minimum Gasteiger partial charge on any atom is -0.489 e. The molecule has 1 aromatic carbocycles. The first kappa shape index (κ1) is 14.1. The van der Waals surface area contributed by atoms with Gasteiger partial charge >= 0.3 is 0 Å². The van der Waals surface area contributed by atoms with Gasteiger partial charge in [0.1, 0.15) is 5.75 Å². The number of nitrogens with one attached hydrogen (secondary N) is 1. The molecule has 1 N–H and O–H groups in total. The Morgan fingerprint density at radius 1 is 1.37 bits per heavy atom. The van der Waals surface area contributed by atoms with Gasteiger partial charge in [0.15, 0.2) is 0 Å². The van der Waals surface area contributed by atoms with Gasteiger partial charge in [-0.05, 0) is 48.0 Å². The van der Waals surface area contributed by atoms with Crippen molar-refractivity contribution in [2.24, 2.45) is 0 Å². The Kier molecular flexibility index (Phi) is 4.61.